The molecule has 0 spiro atoms. The Balaban J connectivity index is 0. The normalized spacial score (nSPS) is 8.50. The van der Waals surface area contributed by atoms with Gasteiger partial charge in [0.15, 0.2) is 0 Å². The van der Waals surface area contributed by atoms with Crippen LogP contribution in [0.1, 0.15) is 21.3 Å². The summed E-state index contributed by atoms with van der Waals surface area (Å²) in [5, 5.41) is 8.41. The van der Waals surface area contributed by atoms with Gasteiger partial charge in [0, 0.05) is 0 Å². The van der Waals surface area contributed by atoms with E-state index in [0.29, 0.717) is 5.92 Å². The minimum atomic E-state index is 0. The molecule has 0 radical (unpaired) electrons. The fourth-order valence-corrected chi connectivity index (χ4v) is 0.183. The number of rotatable bonds is 2. The Morgan fingerprint density at radius 2 is 2.00 bits per heavy atom. The molecular formula is C7H16O. The largest absolute Gasteiger partial charge is 0.392 e. The van der Waals surface area contributed by atoms with Crippen LogP contribution < -0.4 is 0 Å². The van der Waals surface area contributed by atoms with E-state index in [2.05, 4.69) is 6.58 Å². The zero-order valence-corrected chi connectivity index (χ0v) is 4.94. The van der Waals surface area contributed by atoms with Crippen LogP contribution in [0, 0.1) is 5.92 Å². The molecule has 0 saturated carbocycles. The molecule has 1 heteroatoms. The summed E-state index contributed by atoms with van der Waals surface area (Å²) in [6.07, 6.45) is 0. The first-order valence-corrected chi connectivity index (χ1v) is 2.47. The Morgan fingerprint density at radius 1 is 1.62 bits per heavy atom. The molecule has 0 aliphatic heterocycles. The summed E-state index contributed by atoms with van der Waals surface area (Å²) in [6.45, 7) is 7.77. The first-order valence-electron chi connectivity index (χ1n) is 2.47. The average molecular weight is 116 g/mol. The SMILES string of the molecule is C.C=C(CO)C(C)C. The molecule has 0 amide bonds. The highest BCUT2D eigenvalue weighted by molar-refractivity contribution is 4.96. The van der Waals surface area contributed by atoms with Crippen LogP contribution in [-0.4, -0.2) is 11.7 Å². The van der Waals surface area contributed by atoms with E-state index in [1.807, 2.05) is 13.8 Å². The Morgan fingerprint density at radius 3 is 2.00 bits per heavy atom. The third kappa shape index (κ3) is 3.88. The number of hydrogen-bond acceptors (Lipinski definition) is 1. The van der Waals surface area contributed by atoms with E-state index in [9.17, 15) is 0 Å². The van der Waals surface area contributed by atoms with Crippen molar-refractivity contribution in [2.45, 2.75) is 21.3 Å². The van der Waals surface area contributed by atoms with Crippen molar-refractivity contribution < 1.29 is 5.11 Å². The van der Waals surface area contributed by atoms with Crippen LogP contribution >= 0.6 is 0 Å². The fourth-order valence-electron chi connectivity index (χ4n) is 0.183. The van der Waals surface area contributed by atoms with E-state index in [1.54, 1.807) is 0 Å². The first kappa shape index (κ1) is 10.6. The van der Waals surface area contributed by atoms with Crippen LogP contribution in [0.5, 0.6) is 0 Å². The van der Waals surface area contributed by atoms with E-state index in [1.165, 1.54) is 0 Å². The van der Waals surface area contributed by atoms with Gasteiger partial charge in [0.1, 0.15) is 0 Å². The molecule has 1 N–H and O–H groups in total. The van der Waals surface area contributed by atoms with Crippen molar-refractivity contribution in [1.29, 1.82) is 0 Å². The van der Waals surface area contributed by atoms with E-state index in [0.717, 1.165) is 5.57 Å². The average Bonchev–Trinajstić information content (AvgIpc) is 1.65. The number of hydrogen-bond donors (Lipinski definition) is 1. The lowest BCUT2D eigenvalue weighted by molar-refractivity contribution is 0.319. The molecule has 8 heavy (non-hydrogen) atoms. The van der Waals surface area contributed by atoms with Crippen LogP contribution in [0.3, 0.4) is 0 Å². The highest BCUT2D eigenvalue weighted by Crippen LogP contribution is 2.03. The molecule has 1 nitrogen and oxygen atoms in total. The third-order valence-electron chi connectivity index (χ3n) is 1.02. The second kappa shape index (κ2) is 4.85. The Labute approximate surface area is 52.0 Å². The number of aliphatic hydroxyl groups is 1. The van der Waals surface area contributed by atoms with Crippen LogP contribution in [0.4, 0.5) is 0 Å². The molecule has 0 unspecified atom stereocenters. The zero-order valence-electron chi connectivity index (χ0n) is 4.94. The molecule has 0 rings (SSSR count). The van der Waals surface area contributed by atoms with Gasteiger partial charge < -0.3 is 5.11 Å². The summed E-state index contributed by atoms with van der Waals surface area (Å²) in [5.74, 6) is 0.421. The minimum Gasteiger partial charge on any atom is -0.392 e. The Kier molecular flexibility index (Phi) is 6.45. The van der Waals surface area contributed by atoms with Gasteiger partial charge in [-0.2, -0.15) is 0 Å². The van der Waals surface area contributed by atoms with Gasteiger partial charge in [0.2, 0.25) is 0 Å². The van der Waals surface area contributed by atoms with Crippen LogP contribution in [0.25, 0.3) is 0 Å². The van der Waals surface area contributed by atoms with Crippen LogP contribution in [0.15, 0.2) is 12.2 Å². The Bertz CT molecular complexity index is 64.8. The molecule has 0 atom stereocenters. The van der Waals surface area contributed by atoms with Gasteiger partial charge in [-0.1, -0.05) is 27.9 Å². The van der Waals surface area contributed by atoms with Crippen molar-refractivity contribution in [2.75, 3.05) is 6.61 Å². The molecule has 0 fully saturated rings. The minimum absolute atomic E-state index is 0. The van der Waals surface area contributed by atoms with Gasteiger partial charge in [0.25, 0.3) is 0 Å². The van der Waals surface area contributed by atoms with Crippen molar-refractivity contribution in [3.63, 3.8) is 0 Å². The molecule has 0 bridgehead atoms. The van der Waals surface area contributed by atoms with Crippen LogP contribution in [-0.2, 0) is 0 Å². The summed E-state index contributed by atoms with van der Waals surface area (Å²) in [5.41, 5.74) is 0.903. The molecule has 50 valence electrons. The van der Waals surface area contributed by atoms with Crippen molar-refractivity contribution in [2.24, 2.45) is 5.92 Å². The molecule has 0 aromatic carbocycles. The molecule has 0 aromatic heterocycles. The van der Waals surface area contributed by atoms with Crippen molar-refractivity contribution >= 4 is 0 Å². The van der Waals surface area contributed by atoms with Gasteiger partial charge in [-0.25, -0.2) is 0 Å². The van der Waals surface area contributed by atoms with Crippen LogP contribution in [0.2, 0.25) is 0 Å². The van der Waals surface area contributed by atoms with E-state index >= 15 is 0 Å². The third-order valence-corrected chi connectivity index (χ3v) is 1.02. The van der Waals surface area contributed by atoms with Crippen molar-refractivity contribution in [3.05, 3.63) is 12.2 Å². The second-order valence-corrected chi connectivity index (χ2v) is 1.97. The van der Waals surface area contributed by atoms with Gasteiger partial charge >= 0.3 is 0 Å². The lowest BCUT2D eigenvalue weighted by atomic mass is 10.1. The molecular weight excluding hydrogens is 100 g/mol. The van der Waals surface area contributed by atoms with E-state index < -0.39 is 0 Å². The van der Waals surface area contributed by atoms with Crippen molar-refractivity contribution in [1.82, 2.24) is 0 Å². The molecule has 0 heterocycles. The standard InChI is InChI=1S/C6H12O.CH4/c1-5(2)6(3)4-7;/h5,7H,3-4H2,1-2H3;1H4. The first-order chi connectivity index (χ1) is 3.18. The fraction of sp³-hybridized carbons (Fsp3) is 0.714. The lowest BCUT2D eigenvalue weighted by Gasteiger charge is -2.02. The van der Waals surface area contributed by atoms with Gasteiger partial charge in [-0.05, 0) is 11.5 Å². The predicted molar refractivity (Wildman–Crippen MR) is 37.8 cm³/mol. The molecule has 0 aliphatic rings. The maximum atomic E-state index is 8.41. The van der Waals surface area contributed by atoms with E-state index in [-0.39, 0.29) is 14.0 Å². The molecule has 0 aromatic rings. The predicted octanol–water partition coefficient (Wildman–Crippen LogP) is 1.83. The highest BCUT2D eigenvalue weighted by atomic mass is 16.3. The summed E-state index contributed by atoms with van der Waals surface area (Å²) < 4.78 is 0. The summed E-state index contributed by atoms with van der Waals surface area (Å²) in [7, 11) is 0. The smallest absolute Gasteiger partial charge is 0.0641 e. The van der Waals surface area contributed by atoms with Gasteiger partial charge in [-0.15, -0.1) is 0 Å². The topological polar surface area (TPSA) is 20.2 Å². The van der Waals surface area contributed by atoms with E-state index in [4.69, 9.17) is 5.11 Å². The second-order valence-electron chi connectivity index (χ2n) is 1.97. The number of aliphatic hydroxyl groups excluding tert-OH is 1. The quantitative estimate of drug-likeness (QED) is 0.546. The van der Waals surface area contributed by atoms with Gasteiger partial charge in [0.05, 0.1) is 6.61 Å². The zero-order chi connectivity index (χ0) is 5.86. The molecule has 0 saturated heterocycles. The monoisotopic (exact) mass is 116 g/mol. The lowest BCUT2D eigenvalue weighted by Crippen LogP contribution is -1.95. The maximum absolute atomic E-state index is 8.41. The maximum Gasteiger partial charge on any atom is 0.0641 e. The summed E-state index contributed by atoms with van der Waals surface area (Å²) in [4.78, 5) is 0. The molecule has 0 aliphatic carbocycles. The van der Waals surface area contributed by atoms with Gasteiger partial charge in [-0.3, -0.25) is 0 Å². The summed E-state index contributed by atoms with van der Waals surface area (Å²) in [6, 6.07) is 0. The highest BCUT2D eigenvalue weighted by Gasteiger charge is 1.94. The Hall–Kier alpha value is -0.300. The van der Waals surface area contributed by atoms with Crippen molar-refractivity contribution in [3.8, 4) is 0 Å². The summed E-state index contributed by atoms with van der Waals surface area (Å²) >= 11 is 0.